The second-order valence-electron chi connectivity index (χ2n) is 4.18. The third-order valence-corrected chi connectivity index (χ3v) is 4.74. The first-order valence-electron chi connectivity index (χ1n) is 5.57. The Morgan fingerprint density at radius 3 is 2.25 bits per heavy atom. The fraction of sp³-hybridized carbons (Fsp3) is 0.0769. The van der Waals surface area contributed by atoms with Gasteiger partial charge in [-0.05, 0) is 48.9 Å². The summed E-state index contributed by atoms with van der Waals surface area (Å²) in [6.07, 6.45) is 0. The van der Waals surface area contributed by atoms with Gasteiger partial charge in [-0.3, -0.25) is 4.72 Å². The van der Waals surface area contributed by atoms with Crippen molar-refractivity contribution >= 4 is 38.9 Å². The van der Waals surface area contributed by atoms with Crippen molar-refractivity contribution < 1.29 is 13.5 Å². The van der Waals surface area contributed by atoms with Gasteiger partial charge in [0.25, 0.3) is 10.0 Å². The summed E-state index contributed by atoms with van der Waals surface area (Å²) < 4.78 is 26.7. The van der Waals surface area contributed by atoms with Crippen LogP contribution in [0.1, 0.15) is 5.56 Å². The Bertz CT molecular complexity index is 743. The zero-order valence-corrected chi connectivity index (χ0v) is 12.7. The lowest BCUT2D eigenvalue weighted by Gasteiger charge is -2.11. The van der Waals surface area contributed by atoms with Crippen molar-refractivity contribution in [1.82, 2.24) is 0 Å². The molecule has 2 aromatic carbocycles. The van der Waals surface area contributed by atoms with Crippen LogP contribution in [0.3, 0.4) is 0 Å². The van der Waals surface area contributed by atoms with E-state index in [0.29, 0.717) is 5.02 Å². The van der Waals surface area contributed by atoms with E-state index >= 15 is 0 Å². The largest absolute Gasteiger partial charge is 0.508 e. The number of anilines is 1. The van der Waals surface area contributed by atoms with Crippen LogP contribution in [-0.4, -0.2) is 13.5 Å². The summed E-state index contributed by atoms with van der Waals surface area (Å²) in [5, 5.41) is 9.84. The molecule has 0 aromatic heterocycles. The van der Waals surface area contributed by atoms with Crippen LogP contribution in [-0.2, 0) is 10.0 Å². The first kappa shape index (κ1) is 15.0. The fourth-order valence-electron chi connectivity index (χ4n) is 1.55. The van der Waals surface area contributed by atoms with Gasteiger partial charge in [0.15, 0.2) is 0 Å². The minimum absolute atomic E-state index is 0.0136. The summed E-state index contributed by atoms with van der Waals surface area (Å²) in [5.74, 6) is -0.0136. The summed E-state index contributed by atoms with van der Waals surface area (Å²) in [5.41, 5.74) is 0.958. The average molecular weight is 332 g/mol. The Morgan fingerprint density at radius 2 is 1.65 bits per heavy atom. The molecule has 0 heterocycles. The molecule has 2 aromatic rings. The number of benzene rings is 2. The molecule has 2 rings (SSSR count). The van der Waals surface area contributed by atoms with E-state index in [2.05, 4.69) is 4.72 Å². The third-order valence-electron chi connectivity index (χ3n) is 2.64. The Labute approximate surface area is 127 Å². The second kappa shape index (κ2) is 5.52. The zero-order chi connectivity index (χ0) is 14.9. The Hall–Kier alpha value is -1.43. The van der Waals surface area contributed by atoms with E-state index in [4.69, 9.17) is 28.3 Å². The molecule has 2 N–H and O–H groups in total. The van der Waals surface area contributed by atoms with Crippen LogP contribution in [0, 0.1) is 6.92 Å². The molecule has 0 spiro atoms. The number of hydrogen-bond acceptors (Lipinski definition) is 3. The predicted octanol–water partition coefficient (Wildman–Crippen LogP) is 3.81. The van der Waals surface area contributed by atoms with Crippen molar-refractivity contribution in [3.63, 3.8) is 0 Å². The fourth-order valence-corrected chi connectivity index (χ4v) is 3.11. The molecule has 0 saturated heterocycles. The lowest BCUT2D eigenvalue weighted by molar-refractivity contribution is 0.475. The highest BCUT2D eigenvalue weighted by molar-refractivity contribution is 7.92. The zero-order valence-electron chi connectivity index (χ0n) is 10.4. The molecule has 0 unspecified atom stereocenters. The predicted molar refractivity (Wildman–Crippen MR) is 80.1 cm³/mol. The Balaban J connectivity index is 2.38. The van der Waals surface area contributed by atoms with Gasteiger partial charge in [-0.25, -0.2) is 8.42 Å². The van der Waals surface area contributed by atoms with E-state index in [-0.39, 0.29) is 21.4 Å². The summed E-state index contributed by atoms with van der Waals surface area (Å²) in [6.45, 7) is 1.77. The number of phenols is 1. The molecule has 0 atom stereocenters. The van der Waals surface area contributed by atoms with Gasteiger partial charge >= 0.3 is 0 Å². The molecular weight excluding hydrogens is 321 g/mol. The first-order valence-corrected chi connectivity index (χ1v) is 7.81. The highest BCUT2D eigenvalue weighted by Crippen LogP contribution is 2.30. The molecule has 7 heteroatoms. The van der Waals surface area contributed by atoms with Gasteiger partial charge in [-0.15, -0.1) is 0 Å². The highest BCUT2D eigenvalue weighted by atomic mass is 35.5. The molecule has 0 saturated carbocycles. The quantitative estimate of drug-likeness (QED) is 0.898. The highest BCUT2D eigenvalue weighted by Gasteiger charge is 2.16. The van der Waals surface area contributed by atoms with Crippen LogP contribution in [0.15, 0.2) is 41.3 Å². The molecule has 0 radical (unpaired) electrons. The maximum absolute atomic E-state index is 12.2. The van der Waals surface area contributed by atoms with Crippen molar-refractivity contribution in [3.05, 3.63) is 52.0 Å². The van der Waals surface area contributed by atoms with Gasteiger partial charge in [0.2, 0.25) is 0 Å². The summed E-state index contributed by atoms with van der Waals surface area (Å²) in [7, 11) is -3.79. The smallest absolute Gasteiger partial charge is 0.261 e. The van der Waals surface area contributed by atoms with Gasteiger partial charge in [0, 0.05) is 5.02 Å². The maximum Gasteiger partial charge on any atom is 0.261 e. The van der Waals surface area contributed by atoms with E-state index in [1.807, 2.05) is 0 Å². The van der Waals surface area contributed by atoms with Crippen molar-refractivity contribution in [1.29, 1.82) is 0 Å². The van der Waals surface area contributed by atoms with Crippen LogP contribution in [0.5, 0.6) is 5.75 Å². The molecule has 20 heavy (non-hydrogen) atoms. The van der Waals surface area contributed by atoms with Crippen molar-refractivity contribution in [3.8, 4) is 5.75 Å². The number of hydrogen-bond donors (Lipinski definition) is 2. The average Bonchev–Trinajstić information content (AvgIpc) is 2.36. The number of rotatable bonds is 3. The molecule has 106 valence electrons. The van der Waals surface area contributed by atoms with Crippen LogP contribution in [0.2, 0.25) is 10.0 Å². The van der Waals surface area contributed by atoms with E-state index in [9.17, 15) is 8.42 Å². The number of nitrogens with one attached hydrogen (secondary N) is 1. The normalized spacial score (nSPS) is 11.3. The summed E-state index contributed by atoms with van der Waals surface area (Å²) >= 11 is 11.9. The third kappa shape index (κ3) is 3.17. The van der Waals surface area contributed by atoms with Gasteiger partial charge in [0.1, 0.15) is 5.75 Å². The minimum atomic E-state index is -3.79. The van der Waals surface area contributed by atoms with E-state index in [0.717, 1.165) is 5.56 Å². The van der Waals surface area contributed by atoms with Gasteiger partial charge in [-0.1, -0.05) is 23.2 Å². The van der Waals surface area contributed by atoms with Gasteiger partial charge in [0.05, 0.1) is 15.6 Å². The lowest BCUT2D eigenvalue weighted by atomic mass is 10.2. The van der Waals surface area contributed by atoms with Gasteiger partial charge < -0.3 is 5.11 Å². The standard InChI is InChI=1S/C13H11Cl2NO3S/c1-8-6-12(15)13(7-11(8)14)16-20(18,19)10-4-2-9(17)3-5-10/h2-7,16-17H,1H3. The molecule has 0 fully saturated rings. The second-order valence-corrected chi connectivity index (χ2v) is 6.68. The Morgan fingerprint density at radius 1 is 1.05 bits per heavy atom. The van der Waals surface area contributed by atoms with E-state index in [1.165, 1.54) is 30.3 Å². The molecule has 0 amide bonds. The molecule has 0 bridgehead atoms. The number of aromatic hydroxyl groups is 1. The van der Waals surface area contributed by atoms with Crippen molar-refractivity contribution in [2.75, 3.05) is 4.72 Å². The monoisotopic (exact) mass is 331 g/mol. The van der Waals surface area contributed by atoms with Crippen LogP contribution in [0.4, 0.5) is 5.69 Å². The van der Waals surface area contributed by atoms with Gasteiger partial charge in [-0.2, -0.15) is 0 Å². The van der Waals surface area contributed by atoms with Crippen molar-refractivity contribution in [2.45, 2.75) is 11.8 Å². The number of phenolic OH excluding ortho intramolecular Hbond substituents is 1. The molecule has 0 aliphatic heterocycles. The topological polar surface area (TPSA) is 66.4 Å². The summed E-state index contributed by atoms with van der Waals surface area (Å²) in [4.78, 5) is 0.0167. The Kier molecular flexibility index (Phi) is 4.13. The first-order chi connectivity index (χ1) is 9.29. The SMILES string of the molecule is Cc1cc(Cl)c(NS(=O)(=O)c2ccc(O)cc2)cc1Cl. The molecule has 0 aliphatic carbocycles. The van der Waals surface area contributed by atoms with Crippen LogP contribution < -0.4 is 4.72 Å². The van der Waals surface area contributed by atoms with Crippen LogP contribution >= 0.6 is 23.2 Å². The minimum Gasteiger partial charge on any atom is -0.508 e. The number of aryl methyl sites for hydroxylation is 1. The summed E-state index contributed by atoms with van der Waals surface area (Å²) in [6, 6.07) is 8.20. The molecule has 0 aliphatic rings. The molecular formula is C13H11Cl2NO3S. The van der Waals surface area contributed by atoms with E-state index < -0.39 is 10.0 Å². The number of sulfonamides is 1. The van der Waals surface area contributed by atoms with Crippen molar-refractivity contribution in [2.24, 2.45) is 0 Å². The maximum atomic E-state index is 12.2. The lowest BCUT2D eigenvalue weighted by Crippen LogP contribution is -2.13. The number of halogens is 2. The molecule has 4 nitrogen and oxygen atoms in total. The van der Waals surface area contributed by atoms with Crippen LogP contribution in [0.25, 0.3) is 0 Å². The van der Waals surface area contributed by atoms with E-state index in [1.54, 1.807) is 13.0 Å².